The molecule has 2 heterocycles. The zero-order valence-corrected chi connectivity index (χ0v) is 13.0. The molecular weight excluding hydrogens is 290 g/mol. The highest BCUT2D eigenvalue weighted by Crippen LogP contribution is 2.27. The highest BCUT2D eigenvalue weighted by Gasteiger charge is 2.34. The van der Waals surface area contributed by atoms with Crippen molar-refractivity contribution in [2.24, 2.45) is 0 Å². The van der Waals surface area contributed by atoms with Gasteiger partial charge in [-0.3, -0.25) is 9.78 Å². The third-order valence-electron chi connectivity index (χ3n) is 3.32. The van der Waals surface area contributed by atoms with Crippen LogP contribution in [0.5, 0.6) is 0 Å². The van der Waals surface area contributed by atoms with Crippen molar-refractivity contribution < 1.29 is 4.79 Å². The number of pyridine rings is 1. The standard InChI is InChI=1S/C14H17N3OS2/c1-19-9-11-3-2-6-16-12(11)13(18)17-14(10-15)4-7-20-8-5-14/h2-3,6H,4-5,7-9H2,1H3,(H,17,18). The Bertz CT molecular complexity index is 521. The monoisotopic (exact) mass is 307 g/mol. The van der Waals surface area contributed by atoms with Crippen molar-refractivity contribution in [1.29, 1.82) is 5.26 Å². The predicted molar refractivity (Wildman–Crippen MR) is 83.8 cm³/mol. The van der Waals surface area contributed by atoms with Gasteiger partial charge in [-0.1, -0.05) is 6.07 Å². The minimum atomic E-state index is -0.726. The molecule has 0 saturated carbocycles. The molecule has 1 fully saturated rings. The van der Waals surface area contributed by atoms with Crippen LogP contribution in [0.4, 0.5) is 0 Å². The Kier molecular flexibility index (Phi) is 5.32. The number of hydrogen-bond donors (Lipinski definition) is 1. The first kappa shape index (κ1) is 15.2. The van der Waals surface area contributed by atoms with Crippen molar-refractivity contribution in [1.82, 2.24) is 10.3 Å². The van der Waals surface area contributed by atoms with Gasteiger partial charge in [0, 0.05) is 11.9 Å². The van der Waals surface area contributed by atoms with E-state index in [0.29, 0.717) is 18.5 Å². The number of nitriles is 1. The zero-order chi connectivity index (χ0) is 14.4. The number of hydrogen-bond acceptors (Lipinski definition) is 5. The van der Waals surface area contributed by atoms with Crippen LogP contribution in [0.25, 0.3) is 0 Å². The fourth-order valence-electron chi connectivity index (χ4n) is 2.18. The lowest BCUT2D eigenvalue weighted by Crippen LogP contribution is -2.50. The van der Waals surface area contributed by atoms with Crippen LogP contribution < -0.4 is 5.32 Å². The van der Waals surface area contributed by atoms with Crippen LogP contribution in [-0.2, 0) is 5.75 Å². The van der Waals surface area contributed by atoms with Gasteiger partial charge in [0.1, 0.15) is 11.2 Å². The van der Waals surface area contributed by atoms with E-state index in [4.69, 9.17) is 0 Å². The molecule has 0 aromatic carbocycles. The summed E-state index contributed by atoms with van der Waals surface area (Å²) in [4.78, 5) is 16.6. The number of rotatable bonds is 4. The smallest absolute Gasteiger partial charge is 0.271 e. The lowest BCUT2D eigenvalue weighted by molar-refractivity contribution is 0.0909. The summed E-state index contributed by atoms with van der Waals surface area (Å²) < 4.78 is 0. The lowest BCUT2D eigenvalue weighted by atomic mass is 9.93. The van der Waals surface area contributed by atoms with Gasteiger partial charge < -0.3 is 5.32 Å². The SMILES string of the molecule is CSCc1cccnc1C(=O)NC1(C#N)CCSCC1. The van der Waals surface area contributed by atoms with E-state index in [-0.39, 0.29) is 5.91 Å². The van der Waals surface area contributed by atoms with Crippen LogP contribution in [0.15, 0.2) is 18.3 Å². The van der Waals surface area contributed by atoms with Gasteiger partial charge in [-0.25, -0.2) is 0 Å². The van der Waals surface area contributed by atoms with Crippen LogP contribution in [0.2, 0.25) is 0 Å². The number of aromatic nitrogens is 1. The molecule has 0 spiro atoms. The molecule has 0 radical (unpaired) electrons. The molecule has 1 aliphatic heterocycles. The van der Waals surface area contributed by atoms with E-state index in [9.17, 15) is 10.1 Å². The molecule has 2 rings (SSSR count). The molecule has 0 aliphatic carbocycles. The fourth-order valence-corrected chi connectivity index (χ4v) is 3.91. The predicted octanol–water partition coefficient (Wildman–Crippen LogP) is 2.46. The molecule has 1 aromatic heterocycles. The van der Waals surface area contributed by atoms with E-state index in [1.54, 1.807) is 18.0 Å². The van der Waals surface area contributed by atoms with Gasteiger partial charge in [0.25, 0.3) is 5.91 Å². The van der Waals surface area contributed by atoms with Gasteiger partial charge in [-0.2, -0.15) is 28.8 Å². The van der Waals surface area contributed by atoms with Crippen LogP contribution >= 0.6 is 23.5 Å². The minimum Gasteiger partial charge on any atom is -0.332 e. The largest absolute Gasteiger partial charge is 0.332 e. The molecule has 1 aliphatic rings. The second-order valence-electron chi connectivity index (χ2n) is 4.70. The number of amides is 1. The molecular formula is C14H17N3OS2. The first-order chi connectivity index (χ1) is 9.71. The number of nitrogens with one attached hydrogen (secondary N) is 1. The van der Waals surface area contributed by atoms with Crippen LogP contribution in [0, 0.1) is 11.3 Å². The zero-order valence-electron chi connectivity index (χ0n) is 11.4. The molecule has 20 heavy (non-hydrogen) atoms. The molecule has 4 nitrogen and oxygen atoms in total. The number of carbonyl (C=O) groups is 1. The highest BCUT2D eigenvalue weighted by atomic mass is 32.2. The molecule has 106 valence electrons. The Morgan fingerprint density at radius 2 is 2.35 bits per heavy atom. The summed E-state index contributed by atoms with van der Waals surface area (Å²) in [5.41, 5.74) is 0.627. The Labute approximate surface area is 127 Å². The molecule has 6 heteroatoms. The van der Waals surface area contributed by atoms with E-state index in [1.807, 2.05) is 30.2 Å². The van der Waals surface area contributed by atoms with Crippen LogP contribution in [0.1, 0.15) is 28.9 Å². The summed E-state index contributed by atoms with van der Waals surface area (Å²) in [7, 11) is 0. The van der Waals surface area contributed by atoms with E-state index >= 15 is 0 Å². The van der Waals surface area contributed by atoms with Crippen molar-refractivity contribution in [3.05, 3.63) is 29.6 Å². The fraction of sp³-hybridized carbons (Fsp3) is 0.500. The van der Waals surface area contributed by atoms with Crippen molar-refractivity contribution in [3.8, 4) is 6.07 Å². The first-order valence-corrected chi connectivity index (χ1v) is 9.00. The van der Waals surface area contributed by atoms with Crippen LogP contribution in [0.3, 0.4) is 0 Å². The number of carbonyl (C=O) groups excluding carboxylic acids is 1. The normalized spacial score (nSPS) is 17.2. The Morgan fingerprint density at radius 1 is 1.60 bits per heavy atom. The first-order valence-electron chi connectivity index (χ1n) is 6.45. The Morgan fingerprint density at radius 3 is 3.00 bits per heavy atom. The van der Waals surface area contributed by atoms with Crippen molar-refractivity contribution in [2.45, 2.75) is 24.1 Å². The summed E-state index contributed by atoms with van der Waals surface area (Å²) in [6.07, 6.45) is 5.01. The summed E-state index contributed by atoms with van der Waals surface area (Å²) in [5.74, 6) is 2.33. The molecule has 1 saturated heterocycles. The molecule has 1 N–H and O–H groups in total. The average molecular weight is 307 g/mol. The summed E-state index contributed by atoms with van der Waals surface area (Å²) in [5, 5.41) is 12.3. The molecule has 0 bridgehead atoms. The molecule has 1 aromatic rings. The second kappa shape index (κ2) is 7.00. The maximum atomic E-state index is 12.4. The summed E-state index contributed by atoms with van der Waals surface area (Å²) in [6.45, 7) is 0. The number of thioether (sulfide) groups is 2. The van der Waals surface area contributed by atoms with Crippen molar-refractivity contribution in [2.75, 3.05) is 17.8 Å². The van der Waals surface area contributed by atoms with Gasteiger partial charge in [0.2, 0.25) is 0 Å². The van der Waals surface area contributed by atoms with Gasteiger partial charge in [-0.15, -0.1) is 0 Å². The van der Waals surface area contributed by atoms with Gasteiger partial charge >= 0.3 is 0 Å². The molecule has 0 atom stereocenters. The topological polar surface area (TPSA) is 65.8 Å². The Hall–Kier alpha value is -1.19. The van der Waals surface area contributed by atoms with Crippen molar-refractivity contribution in [3.63, 3.8) is 0 Å². The van der Waals surface area contributed by atoms with E-state index < -0.39 is 5.54 Å². The van der Waals surface area contributed by atoms with Crippen molar-refractivity contribution >= 4 is 29.4 Å². The van der Waals surface area contributed by atoms with Gasteiger partial charge in [0.15, 0.2) is 0 Å². The Balaban J connectivity index is 2.17. The van der Waals surface area contributed by atoms with Gasteiger partial charge in [0.05, 0.1) is 6.07 Å². The number of nitrogens with zero attached hydrogens (tertiary/aromatic N) is 2. The summed E-state index contributed by atoms with van der Waals surface area (Å²) in [6, 6.07) is 6.04. The highest BCUT2D eigenvalue weighted by molar-refractivity contribution is 7.99. The minimum absolute atomic E-state index is 0.233. The third-order valence-corrected chi connectivity index (χ3v) is 4.90. The average Bonchev–Trinajstić information content (AvgIpc) is 2.49. The molecule has 1 amide bonds. The quantitative estimate of drug-likeness (QED) is 0.925. The summed E-state index contributed by atoms with van der Waals surface area (Å²) >= 11 is 3.47. The maximum absolute atomic E-state index is 12.4. The van der Waals surface area contributed by atoms with E-state index in [1.165, 1.54) is 0 Å². The van der Waals surface area contributed by atoms with Crippen LogP contribution in [-0.4, -0.2) is 34.2 Å². The third kappa shape index (κ3) is 3.47. The van der Waals surface area contributed by atoms with Gasteiger partial charge in [-0.05, 0) is 42.2 Å². The van der Waals surface area contributed by atoms with E-state index in [2.05, 4.69) is 16.4 Å². The maximum Gasteiger partial charge on any atom is 0.271 e. The van der Waals surface area contributed by atoms with E-state index in [0.717, 1.165) is 22.8 Å². The lowest BCUT2D eigenvalue weighted by Gasteiger charge is -2.31. The second-order valence-corrected chi connectivity index (χ2v) is 6.80. The molecule has 0 unspecified atom stereocenters.